The Morgan fingerprint density at radius 3 is 1.37 bits per heavy atom. The van der Waals surface area contributed by atoms with Gasteiger partial charge in [0.05, 0.1) is 52.9 Å². The van der Waals surface area contributed by atoms with Crippen LogP contribution in [0.5, 0.6) is 0 Å². The minimum Gasteiger partial charge on any atom is -0.460 e. The van der Waals surface area contributed by atoms with E-state index in [9.17, 15) is 57.5 Å². The van der Waals surface area contributed by atoms with Crippen molar-refractivity contribution in [3.63, 3.8) is 0 Å². The van der Waals surface area contributed by atoms with Crippen molar-refractivity contribution >= 4 is 86.9 Å². The lowest BCUT2D eigenvalue weighted by molar-refractivity contribution is -0.185. The molecule has 6 rings (SSSR count). The van der Waals surface area contributed by atoms with Crippen molar-refractivity contribution < 1.29 is 62.2 Å². The van der Waals surface area contributed by atoms with Gasteiger partial charge in [0.25, 0.3) is 0 Å². The number of hydrogen-bond donors (Lipinski definition) is 0. The average Bonchev–Trinajstić information content (AvgIpc) is 3.88. The van der Waals surface area contributed by atoms with Crippen molar-refractivity contribution in [2.45, 2.75) is 87.6 Å². The van der Waals surface area contributed by atoms with Crippen molar-refractivity contribution in [1.82, 2.24) is 0 Å². The van der Waals surface area contributed by atoms with Gasteiger partial charge in [-0.05, 0) is 111 Å². The molecule has 0 N–H and O–H groups in total. The molecule has 0 spiro atoms. The number of nitriles is 1. The highest BCUT2D eigenvalue weighted by Gasteiger charge is 2.60. The lowest BCUT2D eigenvalue weighted by Gasteiger charge is -2.33. The van der Waals surface area contributed by atoms with Crippen LogP contribution in [-0.2, 0) is 39.1 Å². The lowest BCUT2D eigenvalue weighted by Crippen LogP contribution is -2.45. The molecular formula is C44H35Cl6F12N3O2. The first kappa shape index (κ1) is 54.3. The van der Waals surface area contributed by atoms with Crippen LogP contribution in [0.25, 0.3) is 0 Å². The summed E-state index contributed by atoms with van der Waals surface area (Å²) in [5.74, 6) is -0.653. The highest BCUT2D eigenvalue weighted by atomic mass is 35.5. The number of alkyl halides is 12. The molecule has 0 radical (unpaired) electrons. The Kier molecular flexibility index (Phi) is 15.9. The SMILES string of the molecule is CC(C)(C)OC(=O)CCc1ccc(N2CCC(c3cc(Cl)c(Cl)c(Cl)c3)(C(F)(F)F)C2)cc1C(F)(F)F.N#Cc1ccc(N2CCC(c3cc(Cl)c(Cl)c(Cl)c3)(C(F)(F)F)C2)cc1C(F)(F)F. The van der Waals surface area contributed by atoms with Crippen molar-refractivity contribution in [2.75, 3.05) is 36.0 Å². The van der Waals surface area contributed by atoms with E-state index in [2.05, 4.69) is 0 Å². The molecule has 2 unspecified atom stereocenters. The Bertz CT molecular complexity index is 2510. The zero-order valence-electron chi connectivity index (χ0n) is 34.9. The van der Waals surface area contributed by atoms with Crippen LogP contribution in [0.4, 0.5) is 64.1 Å². The van der Waals surface area contributed by atoms with Crippen molar-refractivity contribution in [2.24, 2.45) is 0 Å². The second-order valence-electron chi connectivity index (χ2n) is 16.8. The number of anilines is 2. The molecule has 2 heterocycles. The maximum atomic E-state index is 14.4. The van der Waals surface area contributed by atoms with E-state index >= 15 is 0 Å². The molecule has 2 aliphatic rings. The van der Waals surface area contributed by atoms with Gasteiger partial charge in [0.15, 0.2) is 0 Å². The largest absolute Gasteiger partial charge is 0.460 e. The van der Waals surface area contributed by atoms with Crippen LogP contribution in [0.3, 0.4) is 0 Å². The summed E-state index contributed by atoms with van der Waals surface area (Å²) in [7, 11) is 0. The topological polar surface area (TPSA) is 56.6 Å². The zero-order valence-corrected chi connectivity index (χ0v) is 39.4. The van der Waals surface area contributed by atoms with Crippen molar-refractivity contribution in [3.8, 4) is 6.07 Å². The van der Waals surface area contributed by atoms with E-state index in [0.717, 1.165) is 36.4 Å². The second kappa shape index (κ2) is 19.6. The number of aryl methyl sites for hydroxylation is 1. The minimum absolute atomic E-state index is 0.0226. The number of benzene rings is 4. The molecule has 0 bridgehead atoms. The van der Waals surface area contributed by atoms with Crippen LogP contribution in [-0.4, -0.2) is 50.1 Å². The monoisotopic (exact) mass is 1080 g/mol. The van der Waals surface area contributed by atoms with Gasteiger partial charge in [-0.1, -0.05) is 75.7 Å². The summed E-state index contributed by atoms with van der Waals surface area (Å²) < 4.78 is 172. The van der Waals surface area contributed by atoms with E-state index in [0.29, 0.717) is 6.07 Å². The summed E-state index contributed by atoms with van der Waals surface area (Å²) in [4.78, 5) is 14.4. The van der Waals surface area contributed by atoms with Gasteiger partial charge in [0.1, 0.15) is 16.4 Å². The number of hydrogen-bond acceptors (Lipinski definition) is 5. The number of carbonyl (C=O) groups is 1. The zero-order chi connectivity index (χ0) is 50.5. The molecule has 0 aliphatic carbocycles. The highest BCUT2D eigenvalue weighted by Crippen LogP contribution is 2.53. The Morgan fingerprint density at radius 1 is 0.627 bits per heavy atom. The maximum absolute atomic E-state index is 14.4. The third-order valence-corrected chi connectivity index (χ3v) is 13.7. The molecule has 4 aromatic rings. The number of carbonyl (C=O) groups excluding carboxylic acids is 1. The molecule has 2 fully saturated rings. The number of ether oxygens (including phenoxy) is 1. The van der Waals surface area contributed by atoms with Crippen LogP contribution < -0.4 is 9.80 Å². The lowest BCUT2D eigenvalue weighted by atomic mass is 9.79. The Hall–Kier alpha value is -3.66. The van der Waals surface area contributed by atoms with Crippen LogP contribution >= 0.6 is 69.6 Å². The molecule has 4 aromatic carbocycles. The first-order valence-corrected chi connectivity index (χ1v) is 21.9. The standard InChI is InChI=1S/C25H24Cl3F6NO2.C19H11Cl3F6N2/c1-22(2,3)37-20(36)7-5-14-4-6-16(12-17(14)24(29,30)31)35-9-8-23(13-35,25(32,33)34)15-10-18(26)21(28)19(27)11-15;20-14-5-11(6-15(21)16(14)22)17(19(26,27)28)3-4-30(9-17)12-2-1-10(8-29)13(7-12)18(23,24)25/h4,6,10-12H,5,7-9,13H2,1-3H3;1-2,5-7H,3-4,9H2. The second-order valence-corrected chi connectivity index (χ2v) is 19.2. The summed E-state index contributed by atoms with van der Waals surface area (Å²) >= 11 is 35.5. The summed E-state index contributed by atoms with van der Waals surface area (Å²) in [6.45, 7) is 3.32. The van der Waals surface area contributed by atoms with Crippen molar-refractivity contribution in [1.29, 1.82) is 5.26 Å². The number of rotatable bonds is 7. The predicted octanol–water partition coefficient (Wildman–Crippen LogP) is 15.9. The van der Waals surface area contributed by atoms with Gasteiger partial charge in [0.2, 0.25) is 0 Å². The quantitative estimate of drug-likeness (QED) is 0.105. The molecule has 364 valence electrons. The third-order valence-electron chi connectivity index (χ3n) is 11.3. The van der Waals surface area contributed by atoms with Gasteiger partial charge in [-0.25, -0.2) is 0 Å². The number of halogens is 18. The first-order chi connectivity index (χ1) is 30.6. The predicted molar refractivity (Wildman–Crippen MR) is 234 cm³/mol. The van der Waals surface area contributed by atoms with E-state index in [4.69, 9.17) is 79.6 Å². The van der Waals surface area contributed by atoms with Crippen LogP contribution in [0.15, 0.2) is 60.7 Å². The number of esters is 1. The molecule has 5 nitrogen and oxygen atoms in total. The highest BCUT2D eigenvalue weighted by molar-refractivity contribution is 6.48. The smallest absolute Gasteiger partial charge is 0.417 e. The summed E-state index contributed by atoms with van der Waals surface area (Å²) in [6.07, 6.45) is -20.4. The van der Waals surface area contributed by atoms with Gasteiger partial charge in [-0.2, -0.15) is 57.9 Å². The fourth-order valence-corrected chi connectivity index (χ4v) is 9.11. The third kappa shape index (κ3) is 11.9. The molecule has 2 saturated heterocycles. The van der Waals surface area contributed by atoms with Gasteiger partial charge >= 0.3 is 30.7 Å². The molecule has 0 amide bonds. The van der Waals surface area contributed by atoms with Gasteiger partial charge in [-0.3, -0.25) is 4.79 Å². The Balaban J connectivity index is 0.000000256. The fourth-order valence-electron chi connectivity index (χ4n) is 7.92. The molecule has 67 heavy (non-hydrogen) atoms. The van der Waals surface area contributed by atoms with E-state index in [1.54, 1.807) is 20.8 Å². The molecular weight excluding hydrogens is 1040 g/mol. The molecule has 0 aromatic heterocycles. The average molecular weight is 1080 g/mol. The summed E-state index contributed by atoms with van der Waals surface area (Å²) in [5, 5.41) is 8.12. The van der Waals surface area contributed by atoms with Gasteiger partial charge < -0.3 is 14.5 Å². The Morgan fingerprint density at radius 2 is 1.01 bits per heavy atom. The Labute approximate surface area is 406 Å². The molecule has 2 aliphatic heterocycles. The van der Waals surface area contributed by atoms with E-state index in [-0.39, 0.29) is 84.1 Å². The van der Waals surface area contributed by atoms with Crippen LogP contribution in [0.1, 0.15) is 73.4 Å². The fraction of sp³-hybridized carbons (Fsp3) is 0.409. The van der Waals surface area contributed by atoms with E-state index in [1.807, 2.05) is 0 Å². The maximum Gasteiger partial charge on any atom is 0.417 e. The normalized spacial score (nSPS) is 19.3. The number of nitrogens with zero attached hydrogens (tertiary/aromatic N) is 3. The van der Waals surface area contributed by atoms with Gasteiger partial charge in [0, 0.05) is 44.0 Å². The van der Waals surface area contributed by atoms with Crippen LogP contribution in [0, 0.1) is 11.3 Å². The summed E-state index contributed by atoms with van der Waals surface area (Å²) in [5.41, 5.74) is -9.12. The summed E-state index contributed by atoms with van der Waals surface area (Å²) in [6, 6.07) is 11.9. The van der Waals surface area contributed by atoms with Crippen molar-refractivity contribution in [3.05, 3.63) is 124 Å². The van der Waals surface area contributed by atoms with E-state index < -0.39 is 89.7 Å². The first-order valence-electron chi connectivity index (χ1n) is 19.6. The molecule has 2 atom stereocenters. The molecule has 23 heteroatoms. The van der Waals surface area contributed by atoms with E-state index in [1.165, 1.54) is 34.1 Å². The minimum atomic E-state index is -4.82. The molecule has 0 saturated carbocycles. The van der Waals surface area contributed by atoms with Gasteiger partial charge in [-0.15, -0.1) is 0 Å². The van der Waals surface area contributed by atoms with Crippen LogP contribution in [0.2, 0.25) is 30.1 Å².